The maximum atomic E-state index is 4.91. The van der Waals surface area contributed by atoms with Crippen molar-refractivity contribution in [3.8, 4) is 0 Å². The van der Waals surface area contributed by atoms with Gasteiger partial charge in [0.2, 0.25) is 7.11 Å². The molecule has 0 unspecified atom stereocenters. The molecule has 0 atom stereocenters. The molecule has 0 aromatic heterocycles. The first-order valence-corrected chi connectivity index (χ1v) is 6.87. The van der Waals surface area contributed by atoms with Gasteiger partial charge in [-0.2, -0.15) is 12.1 Å². The standard InChI is InChI=1S/C19H20O2/c1-19(2,17-9-5-15(6-10-17)13-20-3)18-11-7-16(8-12-18)14-21-4/h5-12H,1-4H3. The van der Waals surface area contributed by atoms with Gasteiger partial charge in [0.15, 0.2) is 6.26 Å². The van der Waals surface area contributed by atoms with Gasteiger partial charge in [-0.3, -0.25) is 0 Å². The van der Waals surface area contributed by atoms with Crippen LogP contribution in [-0.4, -0.2) is 20.5 Å². The predicted molar refractivity (Wildman–Crippen MR) is 85.5 cm³/mol. The largest absolute Gasteiger partial charge is 0.492 e. The molecule has 0 aliphatic heterocycles. The van der Waals surface area contributed by atoms with Crippen molar-refractivity contribution in [2.45, 2.75) is 19.3 Å². The SMILES string of the molecule is CO[C-]=C1C=CC(C(C)(C)c2ccc([C-]=[O+]C)cc2)=C[CH+]1. The van der Waals surface area contributed by atoms with Crippen molar-refractivity contribution in [1.29, 1.82) is 0 Å². The van der Waals surface area contributed by atoms with Gasteiger partial charge in [-0.25, -0.2) is 0 Å². The Bertz CT molecular complexity index is 599. The molecule has 0 radical (unpaired) electrons. The number of hydrogen-bond donors (Lipinski definition) is 0. The van der Waals surface area contributed by atoms with Crippen LogP contribution in [-0.2, 0) is 14.6 Å². The first kappa shape index (κ1) is 15.2. The van der Waals surface area contributed by atoms with E-state index in [1.54, 1.807) is 14.2 Å². The highest BCUT2D eigenvalue weighted by Gasteiger charge is 2.24. The molecule has 2 nitrogen and oxygen atoms in total. The van der Waals surface area contributed by atoms with Gasteiger partial charge in [-0.1, -0.05) is 49.6 Å². The summed E-state index contributed by atoms with van der Waals surface area (Å²) in [6, 6.07) is 8.26. The van der Waals surface area contributed by atoms with Crippen LogP contribution in [0.4, 0.5) is 0 Å². The van der Waals surface area contributed by atoms with E-state index in [4.69, 9.17) is 9.16 Å². The highest BCUT2D eigenvalue weighted by molar-refractivity contribution is 5.75. The van der Waals surface area contributed by atoms with Crippen molar-refractivity contribution < 1.29 is 9.16 Å². The lowest BCUT2D eigenvalue weighted by Gasteiger charge is -2.30. The molecule has 0 heterocycles. The molecular weight excluding hydrogens is 260 g/mol. The zero-order valence-electron chi connectivity index (χ0n) is 12.9. The monoisotopic (exact) mass is 280 g/mol. The highest BCUT2D eigenvalue weighted by Crippen LogP contribution is 2.34. The summed E-state index contributed by atoms with van der Waals surface area (Å²) >= 11 is 0. The fourth-order valence-electron chi connectivity index (χ4n) is 2.31. The van der Waals surface area contributed by atoms with Gasteiger partial charge in [0, 0.05) is 11.0 Å². The molecule has 1 aromatic rings. The van der Waals surface area contributed by atoms with Crippen LogP contribution in [0.15, 0.2) is 53.6 Å². The molecule has 0 saturated carbocycles. The molecule has 108 valence electrons. The third-order valence-electron chi connectivity index (χ3n) is 3.65. The van der Waals surface area contributed by atoms with Gasteiger partial charge < -0.3 is 9.16 Å². The third kappa shape index (κ3) is 3.46. The Hall–Kier alpha value is -2.22. The van der Waals surface area contributed by atoms with E-state index in [-0.39, 0.29) is 5.41 Å². The van der Waals surface area contributed by atoms with Gasteiger partial charge in [0.25, 0.3) is 6.29 Å². The van der Waals surface area contributed by atoms with Crippen LogP contribution in [0.2, 0.25) is 0 Å². The summed E-state index contributed by atoms with van der Waals surface area (Å²) in [5, 5.41) is 0. The van der Waals surface area contributed by atoms with Crippen LogP contribution in [0.1, 0.15) is 25.0 Å². The first-order valence-electron chi connectivity index (χ1n) is 6.87. The van der Waals surface area contributed by atoms with E-state index in [9.17, 15) is 0 Å². The van der Waals surface area contributed by atoms with Crippen molar-refractivity contribution >= 4 is 6.29 Å². The predicted octanol–water partition coefficient (Wildman–Crippen LogP) is 3.62. The molecule has 0 N–H and O–H groups in total. The maximum Gasteiger partial charge on any atom is 0.290 e. The van der Waals surface area contributed by atoms with Gasteiger partial charge in [-0.15, -0.1) is 12.1 Å². The van der Waals surface area contributed by atoms with Crippen molar-refractivity contribution in [3.63, 3.8) is 0 Å². The Morgan fingerprint density at radius 2 is 1.86 bits per heavy atom. The minimum atomic E-state index is -0.0722. The number of benzene rings is 1. The maximum absolute atomic E-state index is 4.91. The van der Waals surface area contributed by atoms with E-state index >= 15 is 0 Å². The van der Waals surface area contributed by atoms with E-state index in [0.29, 0.717) is 0 Å². The van der Waals surface area contributed by atoms with Crippen LogP contribution in [0.3, 0.4) is 0 Å². The molecule has 21 heavy (non-hydrogen) atoms. The summed E-state index contributed by atoms with van der Waals surface area (Å²) in [7, 11) is 3.21. The van der Waals surface area contributed by atoms with E-state index in [2.05, 4.69) is 50.7 Å². The summed E-state index contributed by atoms with van der Waals surface area (Å²) < 4.78 is 9.81. The second kappa shape index (κ2) is 6.49. The van der Waals surface area contributed by atoms with Crippen molar-refractivity contribution in [2.24, 2.45) is 0 Å². The zero-order chi connectivity index (χ0) is 15.3. The lowest BCUT2D eigenvalue weighted by molar-refractivity contribution is 0.185. The first-order chi connectivity index (χ1) is 10.1. The molecular formula is C19H20O2. The molecule has 0 spiro atoms. The molecule has 2 rings (SSSR count). The Kier molecular flexibility index (Phi) is 4.69. The summed E-state index contributed by atoms with van der Waals surface area (Å²) in [6.45, 7) is 4.43. The minimum absolute atomic E-state index is 0.0722. The Labute approximate surface area is 127 Å². The molecule has 1 aliphatic rings. The number of rotatable bonds is 4. The average molecular weight is 280 g/mol. The number of allylic oxidation sites excluding steroid dienone is 5. The Morgan fingerprint density at radius 1 is 1.14 bits per heavy atom. The normalized spacial score (nSPS) is 17.0. The minimum Gasteiger partial charge on any atom is -0.492 e. The molecule has 2 heteroatoms. The lowest BCUT2D eigenvalue weighted by Crippen LogP contribution is -2.20. The van der Waals surface area contributed by atoms with Gasteiger partial charge in [-0.05, 0) is 5.57 Å². The van der Waals surface area contributed by atoms with E-state index in [1.165, 1.54) is 11.1 Å². The second-order valence-corrected chi connectivity index (χ2v) is 5.39. The molecule has 0 amide bonds. The van der Waals surface area contributed by atoms with Gasteiger partial charge in [0.05, 0.1) is 7.11 Å². The summed E-state index contributed by atoms with van der Waals surface area (Å²) in [5.41, 5.74) is 4.30. The van der Waals surface area contributed by atoms with Crippen molar-refractivity contribution in [2.75, 3.05) is 14.2 Å². The molecule has 1 aromatic carbocycles. The van der Waals surface area contributed by atoms with E-state index in [0.717, 1.165) is 11.1 Å². The Balaban J connectivity index is 2.22. The molecule has 0 saturated heterocycles. The average Bonchev–Trinajstić information content (AvgIpc) is 2.49. The van der Waals surface area contributed by atoms with Crippen LogP contribution in [0.5, 0.6) is 0 Å². The fraction of sp³-hybridized carbons (Fsp3) is 0.263. The van der Waals surface area contributed by atoms with Crippen LogP contribution < -0.4 is 0 Å². The smallest absolute Gasteiger partial charge is 0.290 e. The van der Waals surface area contributed by atoms with Crippen molar-refractivity contribution in [1.82, 2.24) is 0 Å². The number of methoxy groups -OCH3 is 1. The number of hydrogen-bond acceptors (Lipinski definition) is 1. The molecule has 0 bridgehead atoms. The number of ether oxygens (including phenoxy) is 1. The molecule has 1 aliphatic carbocycles. The van der Waals surface area contributed by atoms with Crippen LogP contribution in [0, 0.1) is 12.7 Å². The summed E-state index contributed by atoms with van der Waals surface area (Å²) in [4.78, 5) is 0. The van der Waals surface area contributed by atoms with Gasteiger partial charge >= 0.3 is 0 Å². The number of carbonyl (C=O) groups excluding carboxylic acids is 1. The third-order valence-corrected chi connectivity index (χ3v) is 3.65. The molecule has 0 fully saturated rings. The topological polar surface area (TPSA) is 20.5 Å². The summed E-state index contributed by atoms with van der Waals surface area (Å²) in [5.74, 6) is 0. The highest BCUT2D eigenvalue weighted by atomic mass is 16.5. The van der Waals surface area contributed by atoms with Crippen molar-refractivity contribution in [3.05, 3.63) is 77.4 Å². The van der Waals surface area contributed by atoms with Gasteiger partial charge in [0.1, 0.15) is 0 Å². The zero-order valence-corrected chi connectivity index (χ0v) is 12.9. The van der Waals surface area contributed by atoms with E-state index < -0.39 is 0 Å². The second-order valence-electron chi connectivity index (χ2n) is 5.39. The van der Waals surface area contributed by atoms with Crippen LogP contribution in [0.25, 0.3) is 0 Å². The Morgan fingerprint density at radius 3 is 2.38 bits per heavy atom. The fourth-order valence-corrected chi connectivity index (χ4v) is 2.31. The quantitative estimate of drug-likeness (QED) is 0.468. The van der Waals surface area contributed by atoms with Crippen LogP contribution >= 0.6 is 0 Å². The summed E-state index contributed by atoms with van der Waals surface area (Å²) in [6.07, 6.45) is 13.9. The lowest BCUT2D eigenvalue weighted by atomic mass is 9.75. The van der Waals surface area contributed by atoms with E-state index in [1.807, 2.05) is 24.6 Å².